The monoisotopic (exact) mass is 462 g/mol. The lowest BCUT2D eigenvalue weighted by molar-refractivity contribution is 0.0960. The summed E-state index contributed by atoms with van der Waals surface area (Å²) in [7, 11) is -0.887. The van der Waals surface area contributed by atoms with Crippen molar-refractivity contribution >= 4 is 50.9 Å². The van der Waals surface area contributed by atoms with E-state index in [0.29, 0.717) is 27.3 Å². The van der Waals surface area contributed by atoms with Crippen LogP contribution in [0.1, 0.15) is 15.9 Å². The van der Waals surface area contributed by atoms with Crippen LogP contribution < -0.4 is 14.8 Å². The minimum absolute atomic E-state index is 0.00829. The molecule has 0 aliphatic carbocycles. The molecule has 0 radical (unpaired) electrons. The molecule has 0 atom stereocenters. The van der Waals surface area contributed by atoms with Crippen molar-refractivity contribution in [2.75, 3.05) is 26.5 Å². The first kappa shape index (κ1) is 22.8. The molecule has 0 aromatic heterocycles. The van der Waals surface area contributed by atoms with E-state index in [1.807, 2.05) is 0 Å². The van der Waals surface area contributed by atoms with E-state index < -0.39 is 15.9 Å². The van der Waals surface area contributed by atoms with Crippen molar-refractivity contribution in [3.8, 4) is 5.75 Å². The molecule has 28 heavy (non-hydrogen) atoms. The average molecular weight is 463 g/mol. The molecule has 0 heterocycles. The highest BCUT2D eigenvalue weighted by Gasteiger charge is 2.19. The summed E-state index contributed by atoms with van der Waals surface area (Å²) >= 11 is 13.7. The summed E-state index contributed by atoms with van der Waals surface area (Å²) in [6.45, 7) is 0.219. The van der Waals surface area contributed by atoms with Gasteiger partial charge in [0.15, 0.2) is 0 Å². The fraction of sp³-hybridized carbons (Fsp3) is 0.278. The Kier molecular flexibility index (Phi) is 8.45. The van der Waals surface area contributed by atoms with Crippen molar-refractivity contribution in [2.45, 2.75) is 10.6 Å². The highest BCUT2D eigenvalue weighted by molar-refractivity contribution is 7.98. The number of ether oxygens (including phenoxy) is 1. The van der Waals surface area contributed by atoms with Crippen molar-refractivity contribution < 1.29 is 17.9 Å². The lowest BCUT2D eigenvalue weighted by atomic mass is 10.2. The summed E-state index contributed by atoms with van der Waals surface area (Å²) < 4.78 is 32.6. The van der Waals surface area contributed by atoms with Gasteiger partial charge in [-0.1, -0.05) is 29.3 Å². The van der Waals surface area contributed by atoms with E-state index in [1.165, 1.54) is 44.1 Å². The summed E-state index contributed by atoms with van der Waals surface area (Å²) in [4.78, 5) is 11.9. The molecular formula is C18H20Cl2N2O4S2. The predicted molar refractivity (Wildman–Crippen MR) is 114 cm³/mol. The van der Waals surface area contributed by atoms with Gasteiger partial charge in [0.25, 0.3) is 5.91 Å². The Bertz CT molecular complexity index is 932. The lowest BCUT2D eigenvalue weighted by Gasteiger charge is -2.11. The van der Waals surface area contributed by atoms with Crippen molar-refractivity contribution in [1.82, 2.24) is 10.0 Å². The van der Waals surface area contributed by atoms with Crippen LogP contribution in [0, 0.1) is 0 Å². The molecule has 1 amide bonds. The van der Waals surface area contributed by atoms with Crippen LogP contribution in [0.4, 0.5) is 0 Å². The number of thioether (sulfide) groups is 1. The molecule has 10 heteroatoms. The highest BCUT2D eigenvalue weighted by Crippen LogP contribution is 2.28. The normalized spacial score (nSPS) is 11.3. The van der Waals surface area contributed by atoms with E-state index in [2.05, 4.69) is 10.0 Å². The van der Waals surface area contributed by atoms with Gasteiger partial charge in [-0.15, -0.1) is 0 Å². The third-order valence-corrected chi connectivity index (χ3v) is 6.95. The topological polar surface area (TPSA) is 84.5 Å². The number of methoxy groups -OCH3 is 1. The largest absolute Gasteiger partial charge is 0.496 e. The Morgan fingerprint density at radius 1 is 1.18 bits per heavy atom. The highest BCUT2D eigenvalue weighted by atomic mass is 35.5. The fourth-order valence-electron chi connectivity index (χ4n) is 2.34. The lowest BCUT2D eigenvalue weighted by Crippen LogP contribution is -2.27. The number of carbonyl (C=O) groups is 1. The van der Waals surface area contributed by atoms with Gasteiger partial charge in [0, 0.05) is 35.1 Å². The summed E-state index contributed by atoms with van der Waals surface area (Å²) in [5.41, 5.74) is 0.972. The molecule has 2 rings (SSSR count). The van der Waals surface area contributed by atoms with E-state index in [0.717, 1.165) is 5.56 Å². The van der Waals surface area contributed by atoms with E-state index >= 15 is 0 Å². The predicted octanol–water partition coefficient (Wildman–Crippen LogP) is 3.57. The van der Waals surface area contributed by atoms with Gasteiger partial charge in [-0.05, 0) is 35.9 Å². The zero-order valence-corrected chi connectivity index (χ0v) is 18.4. The van der Waals surface area contributed by atoms with Crippen LogP contribution in [0.5, 0.6) is 5.75 Å². The molecule has 152 valence electrons. The number of hydrogen-bond acceptors (Lipinski definition) is 5. The first-order valence-electron chi connectivity index (χ1n) is 8.20. The van der Waals surface area contributed by atoms with E-state index in [4.69, 9.17) is 27.9 Å². The molecule has 2 aromatic carbocycles. The molecule has 0 spiro atoms. The van der Waals surface area contributed by atoms with Gasteiger partial charge >= 0.3 is 0 Å². The Morgan fingerprint density at radius 2 is 1.86 bits per heavy atom. The van der Waals surface area contributed by atoms with Crippen molar-refractivity contribution in [1.29, 1.82) is 0 Å². The van der Waals surface area contributed by atoms with Gasteiger partial charge in [-0.25, -0.2) is 13.1 Å². The number of hydrogen-bond donors (Lipinski definition) is 2. The van der Waals surface area contributed by atoms with Crippen LogP contribution in [-0.2, 0) is 15.8 Å². The summed E-state index contributed by atoms with van der Waals surface area (Å²) in [5.74, 6) is 0.967. The van der Waals surface area contributed by atoms with Gasteiger partial charge in [-0.3, -0.25) is 4.79 Å². The van der Waals surface area contributed by atoms with Crippen LogP contribution in [0.2, 0.25) is 10.0 Å². The van der Waals surface area contributed by atoms with E-state index in [-0.39, 0.29) is 17.0 Å². The first-order chi connectivity index (χ1) is 13.3. The fourth-order valence-corrected chi connectivity index (χ4v) is 5.12. The molecule has 0 bridgehead atoms. The van der Waals surface area contributed by atoms with Crippen LogP contribution in [-0.4, -0.2) is 40.8 Å². The van der Waals surface area contributed by atoms with Gasteiger partial charge in [-0.2, -0.15) is 11.8 Å². The SMILES string of the molecule is CNC(=O)c1cc(S(=O)(=O)NCCSCc2c(Cl)cccc2Cl)ccc1OC. The van der Waals surface area contributed by atoms with Crippen LogP contribution in [0.25, 0.3) is 0 Å². The Balaban J connectivity index is 1.98. The Hall–Kier alpha value is -1.45. The number of benzene rings is 2. The maximum absolute atomic E-state index is 12.5. The maximum atomic E-state index is 12.5. The van der Waals surface area contributed by atoms with Crippen molar-refractivity contribution in [2.24, 2.45) is 0 Å². The number of amides is 1. The molecular weight excluding hydrogens is 443 g/mol. The standard InChI is InChI=1S/C18H20Cl2N2O4S2/c1-21-18(23)13-10-12(6-7-17(13)26-2)28(24,25)22-8-9-27-11-14-15(19)4-3-5-16(14)20/h3-7,10,22H,8-9,11H2,1-2H3,(H,21,23). The minimum atomic E-state index is -3.76. The zero-order chi connectivity index (χ0) is 20.7. The quantitative estimate of drug-likeness (QED) is 0.556. The zero-order valence-electron chi connectivity index (χ0n) is 15.3. The van der Waals surface area contributed by atoms with Crippen molar-refractivity contribution in [3.63, 3.8) is 0 Å². The Morgan fingerprint density at radius 3 is 2.46 bits per heavy atom. The number of halogens is 2. The molecule has 2 aromatic rings. The second kappa shape index (κ2) is 10.4. The maximum Gasteiger partial charge on any atom is 0.254 e. The van der Waals surface area contributed by atoms with Gasteiger partial charge in [0.1, 0.15) is 5.75 Å². The molecule has 0 unspecified atom stereocenters. The number of carbonyl (C=O) groups excluding carboxylic acids is 1. The third kappa shape index (κ3) is 5.78. The average Bonchev–Trinajstić information content (AvgIpc) is 2.68. The summed E-state index contributed by atoms with van der Waals surface area (Å²) in [6, 6.07) is 9.43. The minimum Gasteiger partial charge on any atom is -0.496 e. The second-order valence-electron chi connectivity index (χ2n) is 5.59. The molecule has 0 saturated heterocycles. The Labute approximate surface area is 179 Å². The van der Waals surface area contributed by atoms with Crippen molar-refractivity contribution in [3.05, 3.63) is 57.6 Å². The second-order valence-corrected chi connectivity index (χ2v) is 9.28. The van der Waals surface area contributed by atoms with E-state index in [1.54, 1.807) is 18.2 Å². The molecule has 0 aliphatic rings. The number of sulfonamides is 1. The van der Waals surface area contributed by atoms with E-state index in [9.17, 15) is 13.2 Å². The van der Waals surface area contributed by atoms with Gasteiger partial charge in [0.05, 0.1) is 17.6 Å². The third-order valence-electron chi connectivity index (χ3n) is 3.80. The number of nitrogens with one attached hydrogen (secondary N) is 2. The smallest absolute Gasteiger partial charge is 0.254 e. The molecule has 0 saturated carbocycles. The van der Waals surface area contributed by atoms with Crippen LogP contribution in [0.15, 0.2) is 41.3 Å². The first-order valence-corrected chi connectivity index (χ1v) is 11.6. The summed E-state index contributed by atoms with van der Waals surface area (Å²) in [6.07, 6.45) is 0. The van der Waals surface area contributed by atoms with Gasteiger partial charge < -0.3 is 10.1 Å². The van der Waals surface area contributed by atoms with Crippen LogP contribution >= 0.6 is 35.0 Å². The van der Waals surface area contributed by atoms with Gasteiger partial charge in [0.2, 0.25) is 10.0 Å². The van der Waals surface area contributed by atoms with Crippen LogP contribution in [0.3, 0.4) is 0 Å². The molecule has 0 aliphatic heterocycles. The summed E-state index contributed by atoms with van der Waals surface area (Å²) in [5, 5.41) is 3.63. The number of rotatable bonds is 9. The molecule has 0 fully saturated rings. The molecule has 2 N–H and O–H groups in total. The molecule has 6 nitrogen and oxygen atoms in total.